The molecule has 0 saturated carbocycles. The maximum absolute atomic E-state index is 11.6. The third-order valence-corrected chi connectivity index (χ3v) is 2.63. The van der Waals surface area contributed by atoms with Crippen molar-refractivity contribution < 1.29 is 14.3 Å². The zero-order chi connectivity index (χ0) is 14.0. The van der Waals surface area contributed by atoms with Gasteiger partial charge >= 0.3 is 0 Å². The molecular weight excluding hydrogens is 254 g/mol. The Morgan fingerprint density at radius 3 is 2.50 bits per heavy atom. The second kappa shape index (κ2) is 9.78. The number of ether oxygens (including phenoxy) is 1. The summed E-state index contributed by atoms with van der Waals surface area (Å²) in [6.45, 7) is 3.04. The number of nitrogens with one attached hydrogen (secondary N) is 2. The van der Waals surface area contributed by atoms with Crippen molar-refractivity contribution in [3.63, 3.8) is 0 Å². The smallest absolute Gasteiger partial charge is 0.229 e. The second-order valence-electron chi connectivity index (χ2n) is 3.75. The highest BCUT2D eigenvalue weighted by Crippen LogP contribution is 2.02. The van der Waals surface area contributed by atoms with E-state index in [1.54, 1.807) is 7.11 Å². The van der Waals surface area contributed by atoms with Crippen LogP contribution in [0.2, 0.25) is 0 Å². The molecule has 6 nitrogen and oxygen atoms in total. The van der Waals surface area contributed by atoms with Crippen molar-refractivity contribution in [2.45, 2.75) is 19.8 Å². The molecule has 0 radical (unpaired) electrons. The zero-order valence-corrected chi connectivity index (χ0v) is 11.6. The Bertz CT molecular complexity index is 297. The fourth-order valence-electron chi connectivity index (χ4n) is 1.32. The van der Waals surface area contributed by atoms with Gasteiger partial charge in [-0.15, -0.1) is 0 Å². The summed E-state index contributed by atoms with van der Waals surface area (Å²) >= 11 is 4.79. The lowest BCUT2D eigenvalue weighted by Gasteiger charge is -2.13. The van der Waals surface area contributed by atoms with Crippen LogP contribution in [0.5, 0.6) is 0 Å². The first-order valence-electron chi connectivity index (χ1n) is 5.85. The Morgan fingerprint density at radius 2 is 2.00 bits per heavy atom. The molecule has 0 aromatic heterocycles. The lowest BCUT2D eigenvalue weighted by atomic mass is 10.1. The van der Waals surface area contributed by atoms with Crippen molar-refractivity contribution >= 4 is 29.0 Å². The lowest BCUT2D eigenvalue weighted by Crippen LogP contribution is -2.39. The Hall–Kier alpha value is -1.21. The Labute approximate surface area is 113 Å². The van der Waals surface area contributed by atoms with Crippen molar-refractivity contribution in [3.05, 3.63) is 0 Å². The zero-order valence-electron chi connectivity index (χ0n) is 10.8. The van der Waals surface area contributed by atoms with E-state index >= 15 is 0 Å². The molecule has 0 bridgehead atoms. The van der Waals surface area contributed by atoms with Gasteiger partial charge in [-0.3, -0.25) is 9.59 Å². The molecule has 0 saturated heterocycles. The first-order chi connectivity index (χ1) is 8.52. The average Bonchev–Trinajstić information content (AvgIpc) is 2.29. The molecule has 2 amide bonds. The van der Waals surface area contributed by atoms with E-state index in [-0.39, 0.29) is 29.8 Å². The normalized spacial score (nSPS) is 11.7. The SMILES string of the molecule is CCC(C(=O)NCCC(=O)NCCOC)C(N)=S. The summed E-state index contributed by atoms with van der Waals surface area (Å²) in [6, 6.07) is 0. The molecular formula is C11H21N3O3S. The van der Waals surface area contributed by atoms with Gasteiger partial charge in [0.2, 0.25) is 11.8 Å². The number of methoxy groups -OCH3 is 1. The van der Waals surface area contributed by atoms with Crippen LogP contribution in [0.3, 0.4) is 0 Å². The van der Waals surface area contributed by atoms with Crippen LogP contribution in [-0.4, -0.2) is 43.6 Å². The van der Waals surface area contributed by atoms with Gasteiger partial charge in [-0.05, 0) is 6.42 Å². The van der Waals surface area contributed by atoms with Gasteiger partial charge in [-0.2, -0.15) is 0 Å². The van der Waals surface area contributed by atoms with Gasteiger partial charge < -0.3 is 21.1 Å². The van der Waals surface area contributed by atoms with E-state index in [1.165, 1.54) is 0 Å². The van der Waals surface area contributed by atoms with Gasteiger partial charge in [0.15, 0.2) is 0 Å². The van der Waals surface area contributed by atoms with Crippen molar-refractivity contribution in [3.8, 4) is 0 Å². The molecule has 0 heterocycles. The molecule has 0 fully saturated rings. The van der Waals surface area contributed by atoms with Crippen molar-refractivity contribution in [1.82, 2.24) is 10.6 Å². The van der Waals surface area contributed by atoms with Crippen LogP contribution in [0.15, 0.2) is 0 Å². The van der Waals surface area contributed by atoms with Crippen LogP contribution >= 0.6 is 12.2 Å². The molecule has 0 aliphatic rings. The standard InChI is InChI=1S/C11H21N3O3S/c1-3-8(10(12)18)11(16)14-5-4-9(15)13-6-7-17-2/h8H,3-7H2,1-2H3,(H2,12,18)(H,13,15)(H,14,16). The predicted octanol–water partition coefficient (Wildman–Crippen LogP) is -0.432. The topological polar surface area (TPSA) is 93.5 Å². The van der Waals surface area contributed by atoms with Crippen molar-refractivity contribution in [2.24, 2.45) is 11.7 Å². The van der Waals surface area contributed by atoms with Crippen LogP contribution in [0.4, 0.5) is 0 Å². The van der Waals surface area contributed by atoms with E-state index in [1.807, 2.05) is 6.92 Å². The summed E-state index contributed by atoms with van der Waals surface area (Å²) in [5.41, 5.74) is 5.44. The van der Waals surface area contributed by atoms with Gasteiger partial charge in [0, 0.05) is 26.6 Å². The van der Waals surface area contributed by atoms with Gasteiger partial charge in [-0.25, -0.2) is 0 Å². The molecule has 0 aliphatic heterocycles. The molecule has 104 valence electrons. The molecule has 7 heteroatoms. The number of hydrogen-bond acceptors (Lipinski definition) is 4. The van der Waals surface area contributed by atoms with E-state index < -0.39 is 5.92 Å². The fourth-order valence-corrected chi connectivity index (χ4v) is 1.59. The number of hydrogen-bond donors (Lipinski definition) is 3. The molecule has 1 unspecified atom stereocenters. The van der Waals surface area contributed by atoms with Crippen LogP contribution < -0.4 is 16.4 Å². The largest absolute Gasteiger partial charge is 0.393 e. The quantitative estimate of drug-likeness (QED) is 0.392. The highest BCUT2D eigenvalue weighted by molar-refractivity contribution is 7.80. The number of amides is 2. The van der Waals surface area contributed by atoms with E-state index in [4.69, 9.17) is 22.7 Å². The summed E-state index contributed by atoms with van der Waals surface area (Å²) < 4.78 is 4.79. The Balaban J connectivity index is 3.79. The minimum absolute atomic E-state index is 0.129. The molecule has 0 aliphatic carbocycles. The summed E-state index contributed by atoms with van der Waals surface area (Å²) in [4.78, 5) is 23.1. The number of nitrogens with two attached hydrogens (primary N) is 1. The van der Waals surface area contributed by atoms with Crippen LogP contribution in [0.25, 0.3) is 0 Å². The van der Waals surface area contributed by atoms with Gasteiger partial charge in [0.25, 0.3) is 0 Å². The summed E-state index contributed by atoms with van der Waals surface area (Å²) in [5, 5.41) is 5.30. The van der Waals surface area contributed by atoms with E-state index in [2.05, 4.69) is 10.6 Å². The maximum Gasteiger partial charge on any atom is 0.229 e. The van der Waals surface area contributed by atoms with Gasteiger partial charge in [0.1, 0.15) is 0 Å². The Morgan fingerprint density at radius 1 is 1.33 bits per heavy atom. The fraction of sp³-hybridized carbons (Fsp3) is 0.727. The number of rotatable bonds is 9. The minimum atomic E-state index is -0.462. The van der Waals surface area contributed by atoms with E-state index in [0.29, 0.717) is 19.6 Å². The third kappa shape index (κ3) is 7.18. The lowest BCUT2D eigenvalue weighted by molar-refractivity contribution is -0.123. The molecule has 0 aromatic carbocycles. The highest BCUT2D eigenvalue weighted by Gasteiger charge is 2.18. The second-order valence-corrected chi connectivity index (χ2v) is 4.22. The molecule has 0 spiro atoms. The number of thiocarbonyl (C=S) groups is 1. The highest BCUT2D eigenvalue weighted by atomic mass is 32.1. The van der Waals surface area contributed by atoms with Gasteiger partial charge in [-0.1, -0.05) is 19.1 Å². The molecule has 0 rings (SSSR count). The Kier molecular flexibility index (Phi) is 9.13. The van der Waals surface area contributed by atoms with Crippen LogP contribution in [0.1, 0.15) is 19.8 Å². The summed E-state index contributed by atoms with van der Waals surface area (Å²) in [7, 11) is 1.56. The van der Waals surface area contributed by atoms with Crippen LogP contribution in [-0.2, 0) is 14.3 Å². The summed E-state index contributed by atoms with van der Waals surface area (Å²) in [5.74, 6) is -0.818. The number of carbonyl (C=O) groups excluding carboxylic acids is 2. The molecule has 4 N–H and O–H groups in total. The van der Waals surface area contributed by atoms with E-state index in [0.717, 1.165) is 0 Å². The average molecular weight is 275 g/mol. The molecule has 1 atom stereocenters. The first-order valence-corrected chi connectivity index (χ1v) is 6.26. The van der Waals surface area contributed by atoms with Crippen molar-refractivity contribution in [1.29, 1.82) is 0 Å². The van der Waals surface area contributed by atoms with Crippen LogP contribution in [0, 0.1) is 5.92 Å². The third-order valence-electron chi connectivity index (χ3n) is 2.35. The van der Waals surface area contributed by atoms with Crippen molar-refractivity contribution in [2.75, 3.05) is 26.8 Å². The van der Waals surface area contributed by atoms with E-state index in [9.17, 15) is 9.59 Å². The van der Waals surface area contributed by atoms with Gasteiger partial charge in [0.05, 0.1) is 17.5 Å². The summed E-state index contributed by atoms with van der Waals surface area (Å²) in [6.07, 6.45) is 0.782. The minimum Gasteiger partial charge on any atom is -0.393 e. The molecule has 0 aromatic rings. The number of carbonyl (C=O) groups is 2. The first kappa shape index (κ1) is 16.8. The predicted molar refractivity (Wildman–Crippen MR) is 73.1 cm³/mol. The maximum atomic E-state index is 11.6. The molecule has 18 heavy (non-hydrogen) atoms. The monoisotopic (exact) mass is 275 g/mol.